The predicted octanol–water partition coefficient (Wildman–Crippen LogP) is 6.00. The van der Waals surface area contributed by atoms with E-state index < -0.39 is 11.4 Å². The molecular formula is C26H36O6. The fourth-order valence-corrected chi connectivity index (χ4v) is 3.10. The lowest BCUT2D eigenvalue weighted by molar-refractivity contribution is -0.139. The van der Waals surface area contributed by atoms with Crippen molar-refractivity contribution in [2.45, 2.75) is 78.6 Å². The summed E-state index contributed by atoms with van der Waals surface area (Å²) in [6, 6.07) is 1.34. The van der Waals surface area contributed by atoms with Crippen LogP contribution >= 0.6 is 0 Å². The molecule has 0 aliphatic heterocycles. The molecule has 0 bridgehead atoms. The Bertz CT molecular complexity index is 917. The molecule has 0 saturated heterocycles. The van der Waals surface area contributed by atoms with Crippen LogP contribution in [-0.2, 0) is 9.53 Å². The quantitative estimate of drug-likeness (QED) is 0.100. The molecule has 0 aromatic carbocycles. The summed E-state index contributed by atoms with van der Waals surface area (Å²) >= 11 is 0. The van der Waals surface area contributed by atoms with Crippen LogP contribution in [-0.4, -0.2) is 24.0 Å². The number of hydrogen-bond donors (Lipinski definition) is 1. The molecule has 1 rings (SSSR count). The van der Waals surface area contributed by atoms with E-state index in [0.717, 1.165) is 31.3 Å². The first-order valence-electron chi connectivity index (χ1n) is 11.2. The number of hydrogen-bond acceptors (Lipinski definition) is 6. The van der Waals surface area contributed by atoms with E-state index in [1.807, 2.05) is 26.0 Å². The minimum Gasteiger partial charge on any atom is -0.507 e. The molecule has 0 amide bonds. The van der Waals surface area contributed by atoms with Gasteiger partial charge in [0.15, 0.2) is 5.78 Å². The second kappa shape index (κ2) is 14.2. The van der Waals surface area contributed by atoms with Gasteiger partial charge in [0, 0.05) is 12.0 Å². The van der Waals surface area contributed by atoms with Crippen LogP contribution < -0.4 is 5.63 Å². The summed E-state index contributed by atoms with van der Waals surface area (Å²) in [5.74, 6) is -1.05. The highest BCUT2D eigenvalue weighted by Crippen LogP contribution is 2.26. The fraction of sp³-hybridized carbons (Fsp3) is 0.500. The van der Waals surface area contributed by atoms with E-state index in [0.29, 0.717) is 24.2 Å². The molecule has 0 fully saturated rings. The van der Waals surface area contributed by atoms with Crippen LogP contribution in [0.25, 0.3) is 0 Å². The number of allylic oxidation sites excluding steroid dienone is 5. The van der Waals surface area contributed by atoms with Gasteiger partial charge in [0.1, 0.15) is 17.1 Å². The molecule has 0 saturated carbocycles. The van der Waals surface area contributed by atoms with Crippen molar-refractivity contribution in [3.63, 3.8) is 0 Å². The minimum absolute atomic E-state index is 0.147. The molecule has 0 spiro atoms. The number of aromatic hydroxyl groups is 1. The van der Waals surface area contributed by atoms with E-state index in [4.69, 9.17) is 4.42 Å². The molecule has 0 unspecified atom stereocenters. The smallest absolute Gasteiger partial charge is 0.351 e. The summed E-state index contributed by atoms with van der Waals surface area (Å²) in [6.45, 7) is 7.64. The van der Waals surface area contributed by atoms with Gasteiger partial charge in [0.2, 0.25) is 0 Å². The highest BCUT2D eigenvalue weighted by atomic mass is 16.5. The number of esters is 1. The number of carbonyl (C=O) groups is 2. The maximum Gasteiger partial charge on any atom is 0.351 e. The third kappa shape index (κ3) is 9.08. The summed E-state index contributed by atoms with van der Waals surface area (Å²) in [5, 5.41) is 10.4. The summed E-state index contributed by atoms with van der Waals surface area (Å²) in [4.78, 5) is 36.2. The van der Waals surface area contributed by atoms with Crippen molar-refractivity contribution in [2.24, 2.45) is 0 Å². The van der Waals surface area contributed by atoms with Crippen LogP contribution in [0, 0.1) is 0 Å². The highest BCUT2D eigenvalue weighted by Gasteiger charge is 2.21. The van der Waals surface area contributed by atoms with Crippen molar-refractivity contribution in [3.8, 4) is 5.75 Å². The average Bonchev–Trinajstić information content (AvgIpc) is 2.76. The maximum atomic E-state index is 12.7. The summed E-state index contributed by atoms with van der Waals surface area (Å²) in [5.41, 5.74) is 0.338. The van der Waals surface area contributed by atoms with E-state index >= 15 is 0 Å². The zero-order valence-electron chi connectivity index (χ0n) is 19.9. The third-order valence-corrected chi connectivity index (χ3v) is 5.26. The minimum atomic E-state index is -0.838. The number of Topliss-reactive ketones (excluding diaryl/α,β-unsaturated/α-hetero) is 1. The normalized spacial score (nSPS) is 13.4. The summed E-state index contributed by atoms with van der Waals surface area (Å²) in [6.07, 6.45) is 13.0. The Kier molecular flexibility index (Phi) is 12.1. The van der Waals surface area contributed by atoms with Gasteiger partial charge in [-0.1, -0.05) is 56.6 Å². The number of methoxy groups -OCH3 is 1. The molecule has 1 N–H and O–H groups in total. The zero-order valence-corrected chi connectivity index (χ0v) is 19.9. The molecule has 1 atom stereocenters. The molecule has 32 heavy (non-hydrogen) atoms. The van der Waals surface area contributed by atoms with E-state index in [1.54, 1.807) is 19.1 Å². The van der Waals surface area contributed by atoms with Crippen LogP contribution in [0.1, 0.15) is 94.7 Å². The van der Waals surface area contributed by atoms with Crippen LogP contribution in [0.5, 0.6) is 5.75 Å². The lowest BCUT2D eigenvalue weighted by atomic mass is 9.99. The Labute approximate surface area is 190 Å². The molecule has 0 aliphatic carbocycles. The molecule has 0 aliphatic rings. The maximum absolute atomic E-state index is 12.7. The molecule has 6 nitrogen and oxygen atoms in total. The van der Waals surface area contributed by atoms with Crippen molar-refractivity contribution in [1.29, 1.82) is 0 Å². The standard InChI is InChI=1S/C26H36O6/c1-6-7-9-12-18(2)15-16-20(4)25(29)24-21(27)17-22(32-26(24)30)19(3)13-10-8-11-14-23(28)31-5/h8,11,15-17,19,27H,6-7,9-10,12-14H2,1-5H3/b11-8+,18-15+,20-16+/t19-/m1/s1. The molecule has 1 aromatic heterocycles. The SMILES string of the molecule is CCCCC/C(C)=C/C=C(\C)C(=O)c1c(O)cc([C@H](C)CC/C=C/CC(=O)OC)oc1=O. The fourth-order valence-electron chi connectivity index (χ4n) is 3.10. The third-order valence-electron chi connectivity index (χ3n) is 5.26. The van der Waals surface area contributed by atoms with Crippen molar-refractivity contribution in [2.75, 3.05) is 7.11 Å². The Morgan fingerprint density at radius 1 is 1.19 bits per heavy atom. The van der Waals surface area contributed by atoms with Gasteiger partial charge in [-0.15, -0.1) is 0 Å². The predicted molar refractivity (Wildman–Crippen MR) is 126 cm³/mol. The van der Waals surface area contributed by atoms with Crippen LogP contribution in [0.2, 0.25) is 0 Å². The first kappa shape index (κ1) is 27.1. The van der Waals surface area contributed by atoms with Crippen LogP contribution in [0.3, 0.4) is 0 Å². The van der Waals surface area contributed by atoms with Crippen LogP contribution in [0.15, 0.2) is 50.7 Å². The van der Waals surface area contributed by atoms with E-state index in [2.05, 4.69) is 11.7 Å². The molecule has 176 valence electrons. The molecular weight excluding hydrogens is 408 g/mol. The molecule has 0 radical (unpaired) electrons. The van der Waals surface area contributed by atoms with Gasteiger partial charge in [-0.2, -0.15) is 0 Å². The summed E-state index contributed by atoms with van der Waals surface area (Å²) < 4.78 is 9.91. The van der Waals surface area contributed by atoms with Gasteiger partial charge >= 0.3 is 11.6 Å². The summed E-state index contributed by atoms with van der Waals surface area (Å²) in [7, 11) is 1.34. The first-order chi connectivity index (χ1) is 15.2. The Morgan fingerprint density at radius 2 is 1.91 bits per heavy atom. The van der Waals surface area contributed by atoms with Gasteiger partial charge in [-0.05, 0) is 45.1 Å². The Morgan fingerprint density at radius 3 is 2.53 bits per heavy atom. The van der Waals surface area contributed by atoms with Gasteiger partial charge in [0.25, 0.3) is 0 Å². The Hall–Kier alpha value is -2.89. The second-order valence-electron chi connectivity index (χ2n) is 8.08. The molecule has 1 heterocycles. The van der Waals surface area contributed by atoms with E-state index in [1.165, 1.54) is 13.2 Å². The zero-order chi connectivity index (χ0) is 24.1. The first-order valence-corrected chi connectivity index (χ1v) is 11.2. The van der Waals surface area contributed by atoms with Gasteiger partial charge in [-0.25, -0.2) is 4.79 Å². The number of unbranched alkanes of at least 4 members (excludes halogenated alkanes) is 2. The van der Waals surface area contributed by atoms with Gasteiger partial charge < -0.3 is 14.3 Å². The van der Waals surface area contributed by atoms with E-state index in [9.17, 15) is 19.5 Å². The van der Waals surface area contributed by atoms with E-state index in [-0.39, 0.29) is 29.6 Å². The number of rotatable bonds is 13. The lowest BCUT2D eigenvalue weighted by Gasteiger charge is -2.11. The van der Waals surface area contributed by atoms with Gasteiger partial charge in [-0.3, -0.25) is 9.59 Å². The largest absolute Gasteiger partial charge is 0.507 e. The number of ketones is 1. The van der Waals surface area contributed by atoms with Crippen molar-refractivity contribution in [1.82, 2.24) is 0 Å². The van der Waals surface area contributed by atoms with Crippen molar-refractivity contribution in [3.05, 3.63) is 63.3 Å². The number of ether oxygens (including phenoxy) is 1. The second-order valence-corrected chi connectivity index (χ2v) is 8.08. The van der Waals surface area contributed by atoms with Gasteiger partial charge in [0.05, 0.1) is 13.5 Å². The topological polar surface area (TPSA) is 93.8 Å². The highest BCUT2D eigenvalue weighted by molar-refractivity contribution is 6.09. The monoisotopic (exact) mass is 444 g/mol. The molecule has 1 aromatic rings. The Balaban J connectivity index is 2.85. The van der Waals surface area contributed by atoms with Crippen molar-refractivity contribution < 1.29 is 23.8 Å². The molecule has 6 heteroatoms. The lowest BCUT2D eigenvalue weighted by Crippen LogP contribution is -2.16. The van der Waals surface area contributed by atoms with Crippen LogP contribution in [0.4, 0.5) is 0 Å². The average molecular weight is 445 g/mol. The number of carbonyl (C=O) groups excluding carboxylic acids is 2. The van der Waals surface area contributed by atoms with Crippen molar-refractivity contribution >= 4 is 11.8 Å².